The number of nitriles is 1. The number of carbonyl (C=O) groups is 4. The standard InChI is InChI=1S/C47H43ClN4O8/c1-47(2,3)60-46(56)52-26-35-24-41-38(50-44(54)42(59-41)33-15-19-37(20-16-33)58-27-30-9-17-36(48)18-10-30)22-34(35)23-40(52)43(53)51-39(45(55)57-4)21-28-5-11-31(12-6-28)32-13-7-29(25-49)8-14-32/h5-20,22,24,39-40,42H,21,23,26-27H2,1-4H3,(H,50,54)(H,51,53)/t39-,40?,42-/m0/s1. The van der Waals surface area contributed by atoms with Crippen LogP contribution >= 0.6 is 11.6 Å². The number of nitrogens with one attached hydrogen (secondary N) is 2. The van der Waals surface area contributed by atoms with Crippen molar-refractivity contribution >= 4 is 41.2 Å². The van der Waals surface area contributed by atoms with E-state index in [0.717, 1.165) is 22.3 Å². The van der Waals surface area contributed by atoms with Crippen molar-refractivity contribution in [2.45, 2.75) is 70.6 Å². The van der Waals surface area contributed by atoms with Crippen molar-refractivity contribution in [2.75, 3.05) is 12.4 Å². The molecule has 2 heterocycles. The summed E-state index contributed by atoms with van der Waals surface area (Å²) >= 11 is 5.99. The maximum absolute atomic E-state index is 14.2. The normalized spacial score (nSPS) is 16.1. The highest BCUT2D eigenvalue weighted by Gasteiger charge is 2.40. The van der Waals surface area contributed by atoms with E-state index in [4.69, 9.17) is 35.8 Å². The highest BCUT2D eigenvalue weighted by molar-refractivity contribution is 6.30. The van der Waals surface area contributed by atoms with Crippen LogP contribution in [-0.4, -0.2) is 53.6 Å². The number of hydrogen-bond acceptors (Lipinski definition) is 9. The molecular weight excluding hydrogens is 784 g/mol. The van der Waals surface area contributed by atoms with Crippen molar-refractivity contribution in [2.24, 2.45) is 0 Å². The van der Waals surface area contributed by atoms with Crippen LogP contribution in [0.5, 0.6) is 11.5 Å². The van der Waals surface area contributed by atoms with Crippen LogP contribution in [0, 0.1) is 11.3 Å². The molecule has 0 saturated carbocycles. The molecule has 2 aliphatic rings. The third kappa shape index (κ3) is 9.71. The van der Waals surface area contributed by atoms with Crippen LogP contribution in [0.1, 0.15) is 60.3 Å². The molecule has 0 aliphatic carbocycles. The number of anilines is 1. The van der Waals surface area contributed by atoms with Gasteiger partial charge >= 0.3 is 12.1 Å². The van der Waals surface area contributed by atoms with E-state index in [0.29, 0.717) is 51.1 Å². The lowest BCUT2D eigenvalue weighted by Gasteiger charge is -2.38. The lowest BCUT2D eigenvalue weighted by molar-refractivity contribution is -0.145. The molecule has 2 N–H and O–H groups in total. The molecule has 0 bridgehead atoms. The molecule has 306 valence electrons. The number of rotatable bonds is 10. The SMILES string of the molecule is COC(=O)[C@H](Cc1ccc(-c2ccc(C#N)cc2)cc1)NC(=O)C1Cc2cc3c(cc2CN1C(=O)OC(C)(C)C)O[C@@H](c1ccc(OCc2ccc(Cl)cc2)cc1)C(=O)N3. The highest BCUT2D eigenvalue weighted by Crippen LogP contribution is 2.40. The highest BCUT2D eigenvalue weighted by atomic mass is 35.5. The first-order valence-corrected chi connectivity index (χ1v) is 19.7. The molecule has 3 amide bonds. The Morgan fingerprint density at radius 2 is 1.57 bits per heavy atom. The summed E-state index contributed by atoms with van der Waals surface area (Å²) in [6.45, 7) is 5.56. The van der Waals surface area contributed by atoms with Gasteiger partial charge in [-0.25, -0.2) is 9.59 Å². The average Bonchev–Trinajstić information content (AvgIpc) is 3.24. The molecule has 5 aromatic rings. The Morgan fingerprint density at radius 1 is 0.917 bits per heavy atom. The van der Waals surface area contributed by atoms with Crippen LogP contribution in [0.4, 0.5) is 10.5 Å². The fraction of sp³-hybridized carbons (Fsp3) is 0.255. The maximum atomic E-state index is 14.2. The Balaban J connectivity index is 1.08. The monoisotopic (exact) mass is 826 g/mol. The molecule has 0 saturated heterocycles. The molecule has 0 fully saturated rings. The first-order valence-electron chi connectivity index (χ1n) is 19.3. The van der Waals surface area contributed by atoms with E-state index in [9.17, 15) is 19.2 Å². The molecule has 60 heavy (non-hydrogen) atoms. The predicted molar refractivity (Wildman–Crippen MR) is 224 cm³/mol. The summed E-state index contributed by atoms with van der Waals surface area (Å²) in [6.07, 6.45) is -1.46. The predicted octanol–water partition coefficient (Wildman–Crippen LogP) is 8.09. The van der Waals surface area contributed by atoms with Gasteiger partial charge in [-0.2, -0.15) is 5.26 Å². The van der Waals surface area contributed by atoms with Crippen LogP contribution in [0.15, 0.2) is 109 Å². The first kappa shape index (κ1) is 41.3. The maximum Gasteiger partial charge on any atom is 0.411 e. The summed E-state index contributed by atoms with van der Waals surface area (Å²) in [5, 5.41) is 15.6. The van der Waals surface area contributed by atoms with Crippen LogP contribution in [0.3, 0.4) is 0 Å². The molecule has 0 aromatic heterocycles. The summed E-state index contributed by atoms with van der Waals surface area (Å²) in [5.41, 5.74) is 5.73. The Labute approximate surface area is 353 Å². The second kappa shape index (κ2) is 17.6. The molecule has 13 heteroatoms. The van der Waals surface area contributed by atoms with Crippen LogP contribution < -0.4 is 20.1 Å². The number of esters is 1. The van der Waals surface area contributed by atoms with Gasteiger partial charge in [-0.05, 0) is 103 Å². The fourth-order valence-electron chi connectivity index (χ4n) is 7.05. The number of ether oxygens (including phenoxy) is 4. The van der Waals surface area contributed by atoms with Crippen molar-refractivity contribution < 1.29 is 38.1 Å². The van der Waals surface area contributed by atoms with Crippen molar-refractivity contribution in [1.29, 1.82) is 5.26 Å². The minimum Gasteiger partial charge on any atom is -0.489 e. The van der Waals surface area contributed by atoms with E-state index < -0.39 is 41.8 Å². The van der Waals surface area contributed by atoms with Crippen molar-refractivity contribution in [1.82, 2.24) is 10.2 Å². The van der Waals surface area contributed by atoms with Crippen LogP contribution in [0.25, 0.3) is 11.1 Å². The van der Waals surface area contributed by atoms with Gasteiger partial charge in [-0.1, -0.05) is 72.3 Å². The molecule has 1 unspecified atom stereocenters. The number of fused-ring (bicyclic) bond motifs is 2. The summed E-state index contributed by atoms with van der Waals surface area (Å²) in [7, 11) is 1.25. The number of nitrogens with zero attached hydrogens (tertiary/aromatic N) is 2. The third-order valence-electron chi connectivity index (χ3n) is 10.1. The summed E-state index contributed by atoms with van der Waals surface area (Å²) in [6, 6.07) is 32.7. The number of carbonyl (C=O) groups excluding carboxylic acids is 4. The number of benzene rings is 5. The van der Waals surface area contributed by atoms with E-state index in [2.05, 4.69) is 16.7 Å². The third-order valence-corrected chi connectivity index (χ3v) is 10.4. The molecule has 0 radical (unpaired) electrons. The molecular formula is C47H43ClN4O8. The molecule has 12 nitrogen and oxygen atoms in total. The minimum atomic E-state index is -1.07. The summed E-state index contributed by atoms with van der Waals surface area (Å²) < 4.78 is 23.0. The molecule has 5 aromatic carbocycles. The van der Waals surface area contributed by atoms with E-state index in [-0.39, 0.29) is 25.3 Å². The van der Waals surface area contributed by atoms with E-state index in [1.807, 2.05) is 48.5 Å². The quantitative estimate of drug-likeness (QED) is 0.133. The van der Waals surface area contributed by atoms with Crippen molar-refractivity contribution in [3.05, 3.63) is 148 Å². The number of methoxy groups -OCH3 is 1. The first-order chi connectivity index (χ1) is 28.8. The molecule has 0 spiro atoms. The largest absolute Gasteiger partial charge is 0.489 e. The fourth-order valence-corrected chi connectivity index (χ4v) is 7.18. The Kier molecular flexibility index (Phi) is 12.1. The zero-order valence-electron chi connectivity index (χ0n) is 33.5. The van der Waals surface area contributed by atoms with Gasteiger partial charge in [-0.3, -0.25) is 14.5 Å². The van der Waals surface area contributed by atoms with Gasteiger partial charge in [0.1, 0.15) is 35.8 Å². The molecule has 3 atom stereocenters. The van der Waals surface area contributed by atoms with Crippen molar-refractivity contribution in [3.8, 4) is 28.7 Å². The zero-order valence-corrected chi connectivity index (χ0v) is 34.2. The van der Waals surface area contributed by atoms with Gasteiger partial charge in [-0.15, -0.1) is 0 Å². The van der Waals surface area contributed by atoms with Gasteiger partial charge in [0.15, 0.2) is 0 Å². The Hall–Kier alpha value is -6.84. The average molecular weight is 827 g/mol. The molecule has 2 aliphatic heterocycles. The minimum absolute atomic E-state index is 0.00303. The number of hydrogen-bond donors (Lipinski definition) is 2. The Morgan fingerprint density at radius 3 is 2.20 bits per heavy atom. The van der Waals surface area contributed by atoms with Crippen LogP contribution in [0.2, 0.25) is 5.02 Å². The second-order valence-electron chi connectivity index (χ2n) is 15.6. The van der Waals surface area contributed by atoms with E-state index in [1.165, 1.54) is 12.0 Å². The second-order valence-corrected chi connectivity index (χ2v) is 16.0. The van der Waals surface area contributed by atoms with Gasteiger partial charge in [0.2, 0.25) is 12.0 Å². The topological polar surface area (TPSA) is 156 Å². The summed E-state index contributed by atoms with van der Waals surface area (Å²) in [5.74, 6) is -0.571. The van der Waals surface area contributed by atoms with E-state index >= 15 is 0 Å². The van der Waals surface area contributed by atoms with Gasteiger partial charge in [0.25, 0.3) is 5.91 Å². The Bertz CT molecular complexity index is 2440. The zero-order chi connectivity index (χ0) is 42.6. The van der Waals surface area contributed by atoms with Gasteiger partial charge < -0.3 is 29.6 Å². The lowest BCUT2D eigenvalue weighted by Crippen LogP contribution is -2.56. The van der Waals surface area contributed by atoms with Gasteiger partial charge in [0, 0.05) is 23.4 Å². The van der Waals surface area contributed by atoms with E-state index in [1.54, 1.807) is 81.4 Å². The lowest BCUT2D eigenvalue weighted by atomic mass is 9.91. The van der Waals surface area contributed by atoms with Crippen LogP contribution in [-0.2, 0) is 49.9 Å². The molecule has 7 rings (SSSR count). The van der Waals surface area contributed by atoms with Gasteiger partial charge in [0.05, 0.1) is 31.0 Å². The smallest absolute Gasteiger partial charge is 0.411 e. The summed E-state index contributed by atoms with van der Waals surface area (Å²) in [4.78, 5) is 55.8. The number of amides is 3. The van der Waals surface area contributed by atoms with Crippen molar-refractivity contribution in [3.63, 3.8) is 0 Å². The number of halogens is 1.